The van der Waals surface area contributed by atoms with Crippen LogP contribution in [-0.2, 0) is 23.6 Å². The van der Waals surface area contributed by atoms with Crippen LogP contribution in [0.1, 0.15) is 56.7 Å². The van der Waals surface area contributed by atoms with Crippen molar-refractivity contribution in [1.82, 2.24) is 24.4 Å². The monoisotopic (exact) mass is 447 g/mol. The first-order chi connectivity index (χ1) is 15.0. The molecular weight excluding hydrogens is 418 g/mol. The summed E-state index contributed by atoms with van der Waals surface area (Å²) in [6.45, 7) is 1.24. The Morgan fingerprint density at radius 2 is 1.87 bits per heavy atom. The van der Waals surface area contributed by atoms with E-state index in [9.17, 15) is 14.4 Å². The third kappa shape index (κ3) is 4.69. The summed E-state index contributed by atoms with van der Waals surface area (Å²) in [5.41, 5.74) is -0.516. The van der Waals surface area contributed by atoms with Crippen molar-refractivity contribution in [3.8, 4) is 0 Å². The van der Waals surface area contributed by atoms with Gasteiger partial charge < -0.3 is 10.1 Å². The van der Waals surface area contributed by atoms with Gasteiger partial charge >= 0.3 is 5.69 Å². The molecule has 1 aliphatic heterocycles. The van der Waals surface area contributed by atoms with Crippen LogP contribution in [0.25, 0.3) is 11.0 Å². The molecule has 3 heterocycles. The van der Waals surface area contributed by atoms with Gasteiger partial charge in [0.25, 0.3) is 5.56 Å². The topological polar surface area (TPSA) is 108 Å². The van der Waals surface area contributed by atoms with Gasteiger partial charge in [-0.2, -0.15) is 0 Å². The molecule has 10 heteroatoms. The summed E-state index contributed by atoms with van der Waals surface area (Å²) in [6.07, 6.45) is 7.49. The van der Waals surface area contributed by atoms with Crippen LogP contribution in [0.5, 0.6) is 0 Å². The minimum absolute atomic E-state index is 0.0774. The number of thioether (sulfide) groups is 1. The van der Waals surface area contributed by atoms with Gasteiger partial charge in [-0.3, -0.25) is 18.7 Å². The zero-order valence-corrected chi connectivity index (χ0v) is 18.9. The first-order valence-corrected chi connectivity index (χ1v) is 11.9. The maximum atomic E-state index is 12.9. The van der Waals surface area contributed by atoms with Crippen molar-refractivity contribution in [3.05, 3.63) is 26.7 Å². The Kier molecular flexibility index (Phi) is 6.76. The zero-order chi connectivity index (χ0) is 22.0. The van der Waals surface area contributed by atoms with Gasteiger partial charge in [0.2, 0.25) is 5.91 Å². The van der Waals surface area contributed by atoms with Gasteiger partial charge in [0.1, 0.15) is 16.2 Å². The number of nitrogens with one attached hydrogen (secondary N) is 1. The number of amides is 1. The summed E-state index contributed by atoms with van der Waals surface area (Å²) >= 11 is 1.22. The van der Waals surface area contributed by atoms with Crippen LogP contribution >= 0.6 is 11.8 Å². The lowest BCUT2D eigenvalue weighted by Crippen LogP contribution is -2.38. The normalized spacial score (nSPS) is 19.7. The number of nitrogens with zero attached hydrogens (tertiary/aromatic N) is 4. The molecule has 0 bridgehead atoms. The lowest BCUT2D eigenvalue weighted by molar-refractivity contribution is -0.119. The number of rotatable bonds is 6. The molecule has 0 radical (unpaired) electrons. The van der Waals surface area contributed by atoms with Crippen molar-refractivity contribution in [3.63, 3.8) is 0 Å². The van der Waals surface area contributed by atoms with Crippen molar-refractivity contribution >= 4 is 28.7 Å². The Bertz CT molecular complexity index is 1080. The third-order valence-electron chi connectivity index (χ3n) is 6.15. The number of carbonyl (C=O) groups is 1. The summed E-state index contributed by atoms with van der Waals surface area (Å²) < 4.78 is 8.00. The molecule has 1 saturated heterocycles. The highest BCUT2D eigenvalue weighted by molar-refractivity contribution is 8.00. The number of aryl methyl sites for hydroxylation is 1. The first-order valence-electron chi connectivity index (χ1n) is 10.9. The Balaban J connectivity index is 1.63. The van der Waals surface area contributed by atoms with Crippen molar-refractivity contribution in [1.29, 1.82) is 0 Å². The van der Waals surface area contributed by atoms with Crippen molar-refractivity contribution in [2.45, 2.75) is 62.0 Å². The Labute approximate surface area is 184 Å². The fourth-order valence-electron chi connectivity index (χ4n) is 4.31. The maximum absolute atomic E-state index is 12.9. The van der Waals surface area contributed by atoms with Gasteiger partial charge in [0.05, 0.1) is 11.9 Å². The molecule has 0 unspecified atom stereocenters. The highest BCUT2D eigenvalue weighted by Crippen LogP contribution is 2.33. The standard InChI is InChI=1S/C21H29N5O4S/c1-25-18-16(20(28)26(2)21(25)29)19(24-17(23-18)13-7-4-3-5-8-13)31-12-15(27)22-11-14-9-6-10-30-14/h13-14H,3-12H2,1-2H3,(H,22,27)/t14-/m0/s1. The van der Waals surface area contributed by atoms with Gasteiger partial charge in [0.15, 0.2) is 5.65 Å². The van der Waals surface area contributed by atoms with Crippen LogP contribution < -0.4 is 16.6 Å². The van der Waals surface area contributed by atoms with Gasteiger partial charge in [-0.1, -0.05) is 31.0 Å². The molecule has 0 spiro atoms. The molecule has 2 aromatic rings. The summed E-state index contributed by atoms with van der Waals surface area (Å²) in [5, 5.41) is 3.66. The number of hydrogen-bond donors (Lipinski definition) is 1. The molecular formula is C21H29N5O4S. The molecule has 4 rings (SSSR count). The maximum Gasteiger partial charge on any atom is 0.332 e. The number of ether oxygens (including phenoxy) is 1. The number of carbonyl (C=O) groups excluding carboxylic acids is 1. The molecule has 1 amide bonds. The average molecular weight is 448 g/mol. The van der Waals surface area contributed by atoms with Crippen LogP contribution in [0.15, 0.2) is 14.6 Å². The molecule has 1 aliphatic carbocycles. The molecule has 0 aromatic carbocycles. The smallest absolute Gasteiger partial charge is 0.332 e. The number of aromatic nitrogens is 4. The molecule has 1 N–H and O–H groups in total. The van der Waals surface area contributed by atoms with Crippen LogP contribution in [0.4, 0.5) is 0 Å². The van der Waals surface area contributed by atoms with E-state index < -0.39 is 11.2 Å². The van der Waals surface area contributed by atoms with Gasteiger partial charge in [-0.15, -0.1) is 0 Å². The van der Waals surface area contributed by atoms with Crippen LogP contribution in [0, 0.1) is 0 Å². The van der Waals surface area contributed by atoms with E-state index in [1.807, 2.05) is 0 Å². The lowest BCUT2D eigenvalue weighted by Gasteiger charge is -2.21. The summed E-state index contributed by atoms with van der Waals surface area (Å²) in [6, 6.07) is 0. The van der Waals surface area contributed by atoms with Gasteiger partial charge in [0, 0.05) is 33.2 Å². The quantitative estimate of drug-likeness (QED) is 0.528. The van der Waals surface area contributed by atoms with E-state index in [2.05, 4.69) is 10.3 Å². The van der Waals surface area contributed by atoms with E-state index in [0.717, 1.165) is 49.7 Å². The summed E-state index contributed by atoms with van der Waals surface area (Å²) in [4.78, 5) is 47.1. The zero-order valence-electron chi connectivity index (χ0n) is 18.1. The van der Waals surface area contributed by atoms with Crippen molar-refractivity contribution in [2.24, 2.45) is 14.1 Å². The first kappa shape index (κ1) is 22.0. The molecule has 2 aliphatic rings. The molecule has 2 aromatic heterocycles. The summed E-state index contributed by atoms with van der Waals surface area (Å²) in [5.74, 6) is 0.880. The van der Waals surface area contributed by atoms with Crippen LogP contribution in [-0.4, -0.2) is 50.0 Å². The minimum atomic E-state index is -0.435. The van der Waals surface area contributed by atoms with Gasteiger partial charge in [-0.05, 0) is 25.7 Å². The van der Waals surface area contributed by atoms with E-state index in [1.165, 1.54) is 29.8 Å². The van der Waals surface area contributed by atoms with E-state index in [-0.39, 0.29) is 23.7 Å². The summed E-state index contributed by atoms with van der Waals surface area (Å²) in [7, 11) is 3.06. The molecule has 9 nitrogen and oxygen atoms in total. The van der Waals surface area contributed by atoms with E-state index >= 15 is 0 Å². The second-order valence-electron chi connectivity index (χ2n) is 8.35. The molecule has 2 fully saturated rings. The Morgan fingerprint density at radius 3 is 2.58 bits per heavy atom. The number of fused-ring (bicyclic) bond motifs is 1. The molecule has 1 saturated carbocycles. The predicted molar refractivity (Wildman–Crippen MR) is 119 cm³/mol. The Morgan fingerprint density at radius 1 is 1.10 bits per heavy atom. The lowest BCUT2D eigenvalue weighted by atomic mass is 9.89. The van der Waals surface area contributed by atoms with Crippen molar-refractivity contribution in [2.75, 3.05) is 18.9 Å². The fourth-order valence-corrected chi connectivity index (χ4v) is 5.16. The fraction of sp³-hybridized carbons (Fsp3) is 0.667. The third-order valence-corrected chi connectivity index (χ3v) is 7.12. The number of hydrogen-bond acceptors (Lipinski definition) is 7. The predicted octanol–water partition coefficient (Wildman–Crippen LogP) is 1.46. The second kappa shape index (κ2) is 9.52. The molecule has 31 heavy (non-hydrogen) atoms. The van der Waals surface area contributed by atoms with E-state index in [1.54, 1.807) is 7.05 Å². The van der Waals surface area contributed by atoms with Crippen molar-refractivity contribution < 1.29 is 9.53 Å². The molecule has 168 valence electrons. The SMILES string of the molecule is Cn1c(=O)c2c(SCC(=O)NC[C@@H]3CCCO3)nc(C3CCCCC3)nc2n(C)c1=O. The highest BCUT2D eigenvalue weighted by Gasteiger charge is 2.24. The largest absolute Gasteiger partial charge is 0.376 e. The van der Waals surface area contributed by atoms with E-state index in [4.69, 9.17) is 9.72 Å². The van der Waals surface area contributed by atoms with Crippen LogP contribution in [0.2, 0.25) is 0 Å². The second-order valence-corrected chi connectivity index (χ2v) is 9.32. The van der Waals surface area contributed by atoms with Gasteiger partial charge in [-0.25, -0.2) is 14.8 Å². The Hall–Kier alpha value is -2.20. The van der Waals surface area contributed by atoms with Crippen LogP contribution in [0.3, 0.4) is 0 Å². The minimum Gasteiger partial charge on any atom is -0.376 e. The van der Waals surface area contributed by atoms with E-state index in [0.29, 0.717) is 28.4 Å². The molecule has 1 atom stereocenters. The average Bonchev–Trinajstić information content (AvgIpc) is 3.32. The highest BCUT2D eigenvalue weighted by atomic mass is 32.2.